The fraction of sp³-hybridized carbons (Fsp3) is 0.743. The number of unbranched alkanes of at least 4 members (excludes halogenated alkanes) is 35. The van der Waals surface area contributed by atoms with Gasteiger partial charge in [-0.25, -0.2) is 0 Å². The van der Waals surface area contributed by atoms with Crippen LogP contribution in [0.1, 0.15) is 335 Å². The van der Waals surface area contributed by atoms with Crippen LogP contribution in [0, 0.1) is 0 Å². The zero-order valence-corrected chi connectivity index (χ0v) is 52.8. The molecule has 0 fully saturated rings. The molecule has 1 unspecified atom stereocenters. The molecule has 0 saturated heterocycles. The third kappa shape index (κ3) is 65.1. The summed E-state index contributed by atoms with van der Waals surface area (Å²) >= 11 is 0. The molecular weight excluding hydrogens is 985 g/mol. The Labute approximate surface area is 496 Å². The van der Waals surface area contributed by atoms with E-state index in [9.17, 15) is 14.4 Å². The number of allylic oxidation sites excluding steroid dienone is 16. The maximum atomic E-state index is 12.9. The molecule has 1 atom stereocenters. The summed E-state index contributed by atoms with van der Waals surface area (Å²) in [4.78, 5) is 38.4. The Morgan fingerprint density at radius 2 is 0.487 bits per heavy atom. The normalized spacial score (nSPS) is 12.7. The van der Waals surface area contributed by atoms with Crippen molar-refractivity contribution in [2.75, 3.05) is 13.2 Å². The van der Waals surface area contributed by atoms with Crippen molar-refractivity contribution in [1.29, 1.82) is 0 Å². The SMILES string of the molecule is CC/C=C\C/C=C\C/C=C\C/C=C\C/C=C\C/C=C\C/C=C\C/C=C\CCCCCCC(=O)OCC(COC(=O)CCCCCCCCCCCCCCC)OC(=O)CCCCCCCCCCCCCCCCCCCCCC. The first-order valence-electron chi connectivity index (χ1n) is 34.2. The van der Waals surface area contributed by atoms with Crippen LogP contribution in [0.5, 0.6) is 0 Å². The van der Waals surface area contributed by atoms with E-state index in [2.05, 4.69) is 118 Å². The van der Waals surface area contributed by atoms with Gasteiger partial charge in [-0.3, -0.25) is 14.4 Å². The first-order valence-corrected chi connectivity index (χ1v) is 34.2. The predicted octanol–water partition coefficient (Wildman–Crippen LogP) is 23.6. The lowest BCUT2D eigenvalue weighted by Crippen LogP contribution is -2.30. The molecule has 460 valence electrons. The maximum absolute atomic E-state index is 12.9. The van der Waals surface area contributed by atoms with Gasteiger partial charge in [-0.15, -0.1) is 0 Å². The molecule has 6 nitrogen and oxygen atoms in total. The first kappa shape index (κ1) is 76.3. The van der Waals surface area contributed by atoms with E-state index in [0.29, 0.717) is 19.3 Å². The van der Waals surface area contributed by atoms with Gasteiger partial charge in [-0.1, -0.05) is 330 Å². The maximum Gasteiger partial charge on any atom is 0.306 e. The van der Waals surface area contributed by atoms with E-state index in [4.69, 9.17) is 14.2 Å². The zero-order valence-electron chi connectivity index (χ0n) is 52.8. The van der Waals surface area contributed by atoms with Crippen LogP contribution in [0.25, 0.3) is 0 Å². The standard InChI is InChI=1S/C74H128O6/c1-4-7-10-13-16-19-22-25-27-29-31-33-34-35-36-37-38-39-40-41-43-44-46-49-52-55-58-61-64-67-73(76)79-70-71(69-78-72(75)66-63-60-57-54-51-48-24-21-18-15-12-9-6-3)80-74(77)68-65-62-59-56-53-50-47-45-42-32-30-28-26-23-20-17-14-11-8-5-2/h7,10,16,19,25,27,31,33,35-36,38-39,41,43,46,49,71H,4-6,8-9,11-15,17-18,20-24,26,28-30,32,34,37,40,42,44-45,47-48,50-70H2,1-3H3/b10-7-,19-16-,27-25-,33-31-,36-35-,39-38-,43-41-,49-46-. The van der Waals surface area contributed by atoms with Gasteiger partial charge in [0.15, 0.2) is 6.10 Å². The minimum atomic E-state index is -0.787. The van der Waals surface area contributed by atoms with E-state index >= 15 is 0 Å². The lowest BCUT2D eigenvalue weighted by Gasteiger charge is -2.18. The second-order valence-corrected chi connectivity index (χ2v) is 22.7. The van der Waals surface area contributed by atoms with Gasteiger partial charge in [0, 0.05) is 19.3 Å². The summed E-state index contributed by atoms with van der Waals surface area (Å²) in [6.45, 7) is 6.55. The Kier molecular flexibility index (Phi) is 64.7. The number of hydrogen-bond donors (Lipinski definition) is 0. The molecule has 6 heteroatoms. The summed E-state index contributed by atoms with van der Waals surface area (Å²) in [6.07, 6.45) is 91.4. The summed E-state index contributed by atoms with van der Waals surface area (Å²) in [5, 5.41) is 0. The van der Waals surface area contributed by atoms with E-state index in [1.54, 1.807) is 0 Å². The van der Waals surface area contributed by atoms with Gasteiger partial charge in [0.2, 0.25) is 0 Å². The molecule has 0 aromatic rings. The number of carbonyl (C=O) groups is 3. The Morgan fingerprint density at radius 1 is 0.263 bits per heavy atom. The monoisotopic (exact) mass is 1110 g/mol. The second kappa shape index (κ2) is 67.8. The molecule has 0 heterocycles. The van der Waals surface area contributed by atoms with Gasteiger partial charge in [-0.2, -0.15) is 0 Å². The summed E-state index contributed by atoms with van der Waals surface area (Å²) in [5.74, 6) is -0.890. The van der Waals surface area contributed by atoms with Crippen LogP contribution >= 0.6 is 0 Å². The molecule has 0 saturated carbocycles. The fourth-order valence-corrected chi connectivity index (χ4v) is 9.76. The lowest BCUT2D eigenvalue weighted by atomic mass is 10.0. The number of carbonyl (C=O) groups excluding carboxylic acids is 3. The van der Waals surface area contributed by atoms with Crippen LogP contribution in [-0.2, 0) is 28.6 Å². The Bertz CT molecular complexity index is 1560. The van der Waals surface area contributed by atoms with Gasteiger partial charge < -0.3 is 14.2 Å². The Morgan fingerprint density at radius 3 is 0.762 bits per heavy atom. The topological polar surface area (TPSA) is 78.9 Å². The smallest absolute Gasteiger partial charge is 0.306 e. The Balaban J connectivity index is 4.35. The lowest BCUT2D eigenvalue weighted by molar-refractivity contribution is -0.167. The quantitative estimate of drug-likeness (QED) is 0.0261. The van der Waals surface area contributed by atoms with Crippen molar-refractivity contribution in [2.45, 2.75) is 341 Å². The van der Waals surface area contributed by atoms with Crippen molar-refractivity contribution >= 4 is 17.9 Å². The summed E-state index contributed by atoms with van der Waals surface area (Å²) < 4.78 is 16.9. The van der Waals surface area contributed by atoms with Crippen LogP contribution < -0.4 is 0 Å². The van der Waals surface area contributed by atoms with E-state index < -0.39 is 6.10 Å². The molecule has 0 aliphatic carbocycles. The molecule has 0 N–H and O–H groups in total. The second-order valence-electron chi connectivity index (χ2n) is 22.7. The molecule has 80 heavy (non-hydrogen) atoms. The average Bonchev–Trinajstić information content (AvgIpc) is 3.46. The van der Waals surface area contributed by atoms with Crippen LogP contribution in [0.2, 0.25) is 0 Å². The number of esters is 3. The zero-order chi connectivity index (χ0) is 57.8. The van der Waals surface area contributed by atoms with Gasteiger partial charge >= 0.3 is 17.9 Å². The summed E-state index contributed by atoms with van der Waals surface area (Å²) in [6, 6.07) is 0. The van der Waals surface area contributed by atoms with Crippen molar-refractivity contribution in [3.05, 3.63) is 97.2 Å². The van der Waals surface area contributed by atoms with Crippen LogP contribution in [0.15, 0.2) is 97.2 Å². The van der Waals surface area contributed by atoms with Gasteiger partial charge in [0.05, 0.1) is 0 Å². The van der Waals surface area contributed by atoms with Crippen LogP contribution in [0.3, 0.4) is 0 Å². The Hall–Kier alpha value is -3.67. The van der Waals surface area contributed by atoms with Crippen LogP contribution in [-0.4, -0.2) is 37.2 Å². The number of rotatable bonds is 62. The highest BCUT2D eigenvalue weighted by molar-refractivity contribution is 5.71. The number of ether oxygens (including phenoxy) is 3. The van der Waals surface area contributed by atoms with Crippen molar-refractivity contribution in [3.63, 3.8) is 0 Å². The molecular formula is C74H128O6. The van der Waals surface area contributed by atoms with E-state index in [0.717, 1.165) is 122 Å². The van der Waals surface area contributed by atoms with Crippen molar-refractivity contribution in [2.24, 2.45) is 0 Å². The molecule has 0 aliphatic heterocycles. The van der Waals surface area contributed by atoms with E-state index in [-0.39, 0.29) is 31.1 Å². The van der Waals surface area contributed by atoms with E-state index in [1.807, 2.05) is 0 Å². The fourth-order valence-electron chi connectivity index (χ4n) is 9.76. The first-order chi connectivity index (χ1) is 39.5. The summed E-state index contributed by atoms with van der Waals surface area (Å²) in [7, 11) is 0. The third-order valence-corrected chi connectivity index (χ3v) is 14.9. The molecule has 0 aromatic heterocycles. The minimum absolute atomic E-state index is 0.0810. The van der Waals surface area contributed by atoms with Gasteiger partial charge in [0.1, 0.15) is 13.2 Å². The number of hydrogen-bond acceptors (Lipinski definition) is 6. The highest BCUT2D eigenvalue weighted by atomic mass is 16.6. The third-order valence-electron chi connectivity index (χ3n) is 14.9. The average molecular weight is 1110 g/mol. The molecule has 0 spiro atoms. The van der Waals surface area contributed by atoms with E-state index in [1.165, 1.54) is 173 Å². The molecule has 0 bridgehead atoms. The molecule has 0 radical (unpaired) electrons. The van der Waals surface area contributed by atoms with Gasteiger partial charge in [0.25, 0.3) is 0 Å². The van der Waals surface area contributed by atoms with Gasteiger partial charge in [-0.05, 0) is 83.5 Å². The highest BCUT2D eigenvalue weighted by Crippen LogP contribution is 2.17. The molecule has 0 amide bonds. The van der Waals surface area contributed by atoms with Crippen molar-refractivity contribution in [1.82, 2.24) is 0 Å². The highest BCUT2D eigenvalue weighted by Gasteiger charge is 2.19. The predicted molar refractivity (Wildman–Crippen MR) is 348 cm³/mol. The summed E-state index contributed by atoms with van der Waals surface area (Å²) in [5.41, 5.74) is 0. The minimum Gasteiger partial charge on any atom is -0.462 e. The van der Waals surface area contributed by atoms with Crippen molar-refractivity contribution in [3.8, 4) is 0 Å². The van der Waals surface area contributed by atoms with Crippen LogP contribution in [0.4, 0.5) is 0 Å². The van der Waals surface area contributed by atoms with Crippen molar-refractivity contribution < 1.29 is 28.6 Å². The molecule has 0 rings (SSSR count). The molecule has 0 aromatic carbocycles. The molecule has 0 aliphatic rings. The largest absolute Gasteiger partial charge is 0.462 e.